The van der Waals surface area contributed by atoms with Crippen LogP contribution in [-0.2, 0) is 19.1 Å². The van der Waals surface area contributed by atoms with Crippen LogP contribution in [0.25, 0.3) is 12.2 Å². The van der Waals surface area contributed by atoms with Crippen molar-refractivity contribution in [3.63, 3.8) is 0 Å². The SMILES string of the molecule is O=C(/C=C/c1ccc(O)cc1)OC[C@@H](CO)OC(=O)/C=C/c1ccc(O)cc1. The quantitative estimate of drug-likeness (QED) is 0.473. The molecular weight excluding hydrogens is 364 g/mol. The first-order valence-corrected chi connectivity index (χ1v) is 8.38. The molecule has 0 radical (unpaired) electrons. The zero-order valence-corrected chi connectivity index (χ0v) is 14.9. The zero-order valence-electron chi connectivity index (χ0n) is 14.9. The predicted octanol–water partition coefficient (Wildman–Crippen LogP) is 2.27. The molecule has 0 saturated carbocycles. The third-order valence-corrected chi connectivity index (χ3v) is 3.51. The normalized spacial score (nSPS) is 12.2. The molecule has 0 unspecified atom stereocenters. The summed E-state index contributed by atoms with van der Waals surface area (Å²) in [6, 6.07) is 12.4. The maximum Gasteiger partial charge on any atom is 0.331 e. The van der Waals surface area contributed by atoms with Gasteiger partial charge in [0.2, 0.25) is 0 Å². The van der Waals surface area contributed by atoms with Gasteiger partial charge in [0.1, 0.15) is 18.1 Å². The number of benzene rings is 2. The maximum atomic E-state index is 11.8. The van der Waals surface area contributed by atoms with Crippen molar-refractivity contribution in [2.75, 3.05) is 13.2 Å². The number of aliphatic hydroxyl groups is 1. The van der Waals surface area contributed by atoms with Gasteiger partial charge in [0, 0.05) is 12.2 Å². The van der Waals surface area contributed by atoms with Crippen LogP contribution in [0, 0.1) is 0 Å². The Morgan fingerprint density at radius 3 is 1.75 bits per heavy atom. The Bertz CT molecular complexity index is 836. The van der Waals surface area contributed by atoms with Crippen molar-refractivity contribution in [3.8, 4) is 11.5 Å². The topological polar surface area (TPSA) is 113 Å². The standard InChI is InChI=1S/C21H20O7/c22-13-19(28-21(26)12-6-16-3-9-18(24)10-4-16)14-27-20(25)11-5-15-1-7-17(23)8-2-15/h1-12,19,22-24H,13-14H2/b11-5+,12-6+/t19-/m1/s1. The van der Waals surface area contributed by atoms with E-state index in [0.717, 1.165) is 0 Å². The second kappa shape index (κ2) is 10.5. The van der Waals surface area contributed by atoms with E-state index in [1.54, 1.807) is 24.3 Å². The molecule has 2 aromatic rings. The van der Waals surface area contributed by atoms with Crippen molar-refractivity contribution < 1.29 is 34.4 Å². The fraction of sp³-hybridized carbons (Fsp3) is 0.143. The monoisotopic (exact) mass is 384 g/mol. The minimum atomic E-state index is -0.997. The molecule has 3 N–H and O–H groups in total. The Morgan fingerprint density at radius 1 is 0.821 bits per heavy atom. The molecule has 0 heterocycles. The van der Waals surface area contributed by atoms with E-state index in [0.29, 0.717) is 11.1 Å². The summed E-state index contributed by atoms with van der Waals surface area (Å²) in [6.07, 6.45) is 4.35. The van der Waals surface area contributed by atoms with E-state index < -0.39 is 24.6 Å². The summed E-state index contributed by atoms with van der Waals surface area (Å²) in [5.74, 6) is -1.14. The van der Waals surface area contributed by atoms with Crippen molar-refractivity contribution in [1.82, 2.24) is 0 Å². The van der Waals surface area contributed by atoms with Gasteiger partial charge in [0.25, 0.3) is 0 Å². The van der Waals surface area contributed by atoms with E-state index in [9.17, 15) is 24.9 Å². The van der Waals surface area contributed by atoms with Crippen LogP contribution in [0.15, 0.2) is 60.7 Å². The van der Waals surface area contributed by atoms with Crippen LogP contribution in [0.4, 0.5) is 0 Å². The summed E-state index contributed by atoms with van der Waals surface area (Å²) in [6.45, 7) is -0.804. The first-order chi connectivity index (χ1) is 13.5. The summed E-state index contributed by atoms with van der Waals surface area (Å²) in [5, 5.41) is 27.7. The minimum Gasteiger partial charge on any atom is -0.508 e. The number of esters is 2. The number of hydrogen-bond donors (Lipinski definition) is 3. The van der Waals surface area contributed by atoms with Gasteiger partial charge in [-0.2, -0.15) is 0 Å². The Hall–Kier alpha value is -3.58. The summed E-state index contributed by atoms with van der Waals surface area (Å²) in [7, 11) is 0. The van der Waals surface area contributed by atoms with E-state index in [1.807, 2.05) is 0 Å². The molecule has 2 aromatic carbocycles. The minimum absolute atomic E-state index is 0.112. The third kappa shape index (κ3) is 7.35. The van der Waals surface area contributed by atoms with E-state index >= 15 is 0 Å². The number of carbonyl (C=O) groups is 2. The predicted molar refractivity (Wildman–Crippen MR) is 102 cm³/mol. The highest BCUT2D eigenvalue weighted by atomic mass is 16.6. The number of carbonyl (C=O) groups excluding carboxylic acids is 2. The molecule has 0 aliphatic heterocycles. The van der Waals surface area contributed by atoms with Crippen molar-refractivity contribution in [1.29, 1.82) is 0 Å². The molecule has 0 aliphatic carbocycles. The molecule has 28 heavy (non-hydrogen) atoms. The molecule has 0 aromatic heterocycles. The summed E-state index contributed by atoms with van der Waals surface area (Å²) < 4.78 is 9.97. The number of phenolic OH excluding ortho intramolecular Hbond substituents is 2. The molecule has 0 spiro atoms. The molecule has 0 bridgehead atoms. The number of hydrogen-bond acceptors (Lipinski definition) is 7. The van der Waals surface area contributed by atoms with Crippen LogP contribution in [0.3, 0.4) is 0 Å². The van der Waals surface area contributed by atoms with Gasteiger partial charge in [0.05, 0.1) is 6.61 Å². The fourth-order valence-electron chi connectivity index (χ4n) is 2.05. The highest BCUT2D eigenvalue weighted by molar-refractivity contribution is 5.88. The molecule has 0 saturated heterocycles. The van der Waals surface area contributed by atoms with Gasteiger partial charge >= 0.3 is 11.9 Å². The van der Waals surface area contributed by atoms with Crippen molar-refractivity contribution in [2.24, 2.45) is 0 Å². The Balaban J connectivity index is 1.79. The van der Waals surface area contributed by atoms with E-state index in [4.69, 9.17) is 9.47 Å². The molecular formula is C21H20O7. The van der Waals surface area contributed by atoms with Crippen LogP contribution in [0.1, 0.15) is 11.1 Å². The Labute approximate surface area is 161 Å². The molecule has 0 amide bonds. The molecule has 7 nitrogen and oxygen atoms in total. The number of ether oxygens (including phenoxy) is 2. The number of phenols is 2. The molecule has 0 aliphatic rings. The largest absolute Gasteiger partial charge is 0.508 e. The van der Waals surface area contributed by atoms with Crippen molar-refractivity contribution in [3.05, 3.63) is 71.8 Å². The van der Waals surface area contributed by atoms with E-state index in [-0.39, 0.29) is 18.1 Å². The first kappa shape index (κ1) is 20.7. The van der Waals surface area contributed by atoms with Crippen LogP contribution in [0.5, 0.6) is 11.5 Å². The second-order valence-corrected chi connectivity index (χ2v) is 5.72. The lowest BCUT2D eigenvalue weighted by Crippen LogP contribution is -2.27. The zero-order chi connectivity index (χ0) is 20.4. The van der Waals surface area contributed by atoms with E-state index in [1.165, 1.54) is 48.6 Å². The van der Waals surface area contributed by atoms with Crippen LogP contribution >= 0.6 is 0 Å². The van der Waals surface area contributed by atoms with E-state index in [2.05, 4.69) is 0 Å². The fourth-order valence-corrected chi connectivity index (χ4v) is 2.05. The number of rotatable bonds is 8. The molecule has 146 valence electrons. The van der Waals surface area contributed by atoms with Crippen LogP contribution in [0.2, 0.25) is 0 Å². The molecule has 7 heteroatoms. The molecule has 1 atom stereocenters. The van der Waals surface area contributed by atoms with Gasteiger partial charge in [0.15, 0.2) is 6.10 Å². The lowest BCUT2D eigenvalue weighted by Gasteiger charge is -2.13. The first-order valence-electron chi connectivity index (χ1n) is 8.38. The van der Waals surface area contributed by atoms with Gasteiger partial charge in [-0.05, 0) is 47.5 Å². The van der Waals surface area contributed by atoms with Gasteiger partial charge < -0.3 is 24.8 Å². The lowest BCUT2D eigenvalue weighted by molar-refractivity contribution is -0.154. The number of aromatic hydroxyl groups is 2. The lowest BCUT2D eigenvalue weighted by atomic mass is 10.2. The average Bonchev–Trinajstić information content (AvgIpc) is 2.70. The van der Waals surface area contributed by atoms with Gasteiger partial charge in [-0.1, -0.05) is 24.3 Å². The highest BCUT2D eigenvalue weighted by Gasteiger charge is 2.14. The van der Waals surface area contributed by atoms with Gasteiger partial charge in [-0.15, -0.1) is 0 Å². The Morgan fingerprint density at radius 2 is 1.29 bits per heavy atom. The smallest absolute Gasteiger partial charge is 0.331 e. The average molecular weight is 384 g/mol. The molecule has 0 fully saturated rings. The maximum absolute atomic E-state index is 11.8. The van der Waals surface area contributed by atoms with Crippen LogP contribution in [-0.4, -0.2) is 46.6 Å². The highest BCUT2D eigenvalue weighted by Crippen LogP contribution is 2.12. The van der Waals surface area contributed by atoms with Gasteiger partial charge in [-0.25, -0.2) is 9.59 Å². The second-order valence-electron chi connectivity index (χ2n) is 5.72. The van der Waals surface area contributed by atoms with Gasteiger partial charge in [-0.3, -0.25) is 0 Å². The van der Waals surface area contributed by atoms with Crippen molar-refractivity contribution in [2.45, 2.75) is 6.10 Å². The summed E-state index contributed by atoms with van der Waals surface area (Å²) >= 11 is 0. The van der Waals surface area contributed by atoms with Crippen molar-refractivity contribution >= 4 is 24.1 Å². The summed E-state index contributed by atoms with van der Waals surface area (Å²) in [5.41, 5.74) is 1.38. The summed E-state index contributed by atoms with van der Waals surface area (Å²) in [4.78, 5) is 23.5. The van der Waals surface area contributed by atoms with Crippen LogP contribution < -0.4 is 0 Å². The Kier molecular flexibility index (Phi) is 7.80. The number of aliphatic hydroxyl groups excluding tert-OH is 1. The molecule has 2 rings (SSSR count). The third-order valence-electron chi connectivity index (χ3n) is 3.51.